The lowest BCUT2D eigenvalue weighted by Crippen LogP contribution is -2.48. The number of piperidine rings is 1. The molecule has 3 heterocycles. The molecule has 1 N–H and O–H groups in total. The van der Waals surface area contributed by atoms with Crippen LogP contribution in [0.15, 0.2) is 29.6 Å². The van der Waals surface area contributed by atoms with Gasteiger partial charge in [-0.1, -0.05) is 64.8 Å². The van der Waals surface area contributed by atoms with E-state index in [1.54, 1.807) is 17.3 Å². The first-order chi connectivity index (χ1) is 22.9. The van der Waals surface area contributed by atoms with Gasteiger partial charge in [0.15, 0.2) is 11.9 Å². The molecule has 10 nitrogen and oxygen atoms in total. The van der Waals surface area contributed by atoms with Gasteiger partial charge in [-0.05, 0) is 55.8 Å². The molecule has 1 unspecified atom stereocenters. The third kappa shape index (κ3) is 9.51. The number of carbonyl (C=O) groups is 4. The molecule has 11 heteroatoms. The van der Waals surface area contributed by atoms with Crippen molar-refractivity contribution in [3.63, 3.8) is 0 Å². The maximum absolute atomic E-state index is 14.2. The number of rotatable bonds is 15. The minimum absolute atomic E-state index is 0.0240. The van der Waals surface area contributed by atoms with Crippen LogP contribution in [0.25, 0.3) is 0 Å². The second-order valence-electron chi connectivity index (χ2n) is 13.8. The Kier molecular flexibility index (Phi) is 13.7. The van der Waals surface area contributed by atoms with E-state index < -0.39 is 18.0 Å². The summed E-state index contributed by atoms with van der Waals surface area (Å²) in [5.41, 5.74) is 2.55. The number of carbonyl (C=O) groups excluding carboxylic acids is 4. The lowest BCUT2D eigenvalue weighted by molar-refractivity contribution is -0.149. The summed E-state index contributed by atoms with van der Waals surface area (Å²) in [7, 11) is 3.78. The lowest BCUT2D eigenvalue weighted by atomic mass is 9.83. The predicted octanol–water partition coefficient (Wildman–Crippen LogP) is 5.77. The maximum atomic E-state index is 14.2. The molecule has 0 bridgehead atoms. The highest BCUT2D eigenvalue weighted by Crippen LogP contribution is 2.33. The molecule has 2 aromatic rings. The highest BCUT2D eigenvalue weighted by Gasteiger charge is 2.37. The first-order valence-electron chi connectivity index (χ1n) is 17.5. The molecular weight excluding hydrogens is 628 g/mol. The van der Waals surface area contributed by atoms with E-state index in [1.807, 2.05) is 46.0 Å². The lowest BCUT2D eigenvalue weighted by Gasteiger charge is -2.37. The molecule has 2 aliphatic heterocycles. The average Bonchev–Trinajstić information content (AvgIpc) is 3.57. The quantitative estimate of drug-likeness (QED) is 0.236. The summed E-state index contributed by atoms with van der Waals surface area (Å²) in [4.78, 5) is 61.6. The number of aromatic nitrogens is 1. The van der Waals surface area contributed by atoms with Crippen molar-refractivity contribution in [3.05, 3.63) is 51.5 Å². The number of amides is 2. The number of hydrogen-bond acceptors (Lipinski definition) is 9. The number of hydrogen-bond donors (Lipinski definition) is 1. The largest absolute Gasteiger partial charge is 0.455 e. The molecule has 2 amide bonds. The molecule has 0 aliphatic carbocycles. The second-order valence-corrected chi connectivity index (χ2v) is 14.7. The summed E-state index contributed by atoms with van der Waals surface area (Å²) in [6.45, 7) is 11.3. The van der Waals surface area contributed by atoms with Crippen molar-refractivity contribution in [3.8, 4) is 0 Å². The minimum Gasteiger partial charge on any atom is -0.455 e. The molecule has 0 saturated carbocycles. The van der Waals surface area contributed by atoms with Crippen LogP contribution in [0.1, 0.15) is 112 Å². The van der Waals surface area contributed by atoms with Crippen LogP contribution in [-0.2, 0) is 30.3 Å². The second kappa shape index (κ2) is 17.5. The summed E-state index contributed by atoms with van der Waals surface area (Å²) in [5, 5.41) is 5.12. The molecular formula is C37H54N4O6S. The molecule has 0 radical (unpaired) electrons. The number of nitrogens with zero attached hydrogens (tertiary/aromatic N) is 3. The predicted molar refractivity (Wildman–Crippen MR) is 187 cm³/mol. The van der Waals surface area contributed by atoms with E-state index in [-0.39, 0.29) is 59.7 Å². The van der Waals surface area contributed by atoms with Gasteiger partial charge in [0.25, 0.3) is 5.91 Å². The number of Topliss-reactive ketones (excluding diaryl/α,β-unsaturated/α-hetero) is 1. The van der Waals surface area contributed by atoms with Crippen molar-refractivity contribution in [1.29, 1.82) is 0 Å². The zero-order valence-electron chi connectivity index (χ0n) is 29.7. The molecule has 0 spiro atoms. The van der Waals surface area contributed by atoms with Crippen molar-refractivity contribution in [1.82, 2.24) is 20.1 Å². The van der Waals surface area contributed by atoms with Gasteiger partial charge in [0.2, 0.25) is 5.91 Å². The van der Waals surface area contributed by atoms with E-state index in [9.17, 15) is 19.2 Å². The fourth-order valence-electron chi connectivity index (χ4n) is 7.03. The van der Waals surface area contributed by atoms with Crippen LogP contribution < -0.4 is 5.32 Å². The van der Waals surface area contributed by atoms with Gasteiger partial charge in [0.05, 0.1) is 12.6 Å². The molecule has 48 heavy (non-hydrogen) atoms. The van der Waals surface area contributed by atoms with E-state index in [2.05, 4.69) is 28.2 Å². The zero-order valence-corrected chi connectivity index (χ0v) is 30.5. The number of esters is 1. The standard InChI is InChI=1S/C37H54N4O6S/c1-8-24(4)28(19-32(43)30-15-11-12-17-40(30)6)37(45)41(7)31(23(2)3)20-33(47-25(5)42)36-39-29(22-48-36)35(44)38-21-34-27-14-10-9-13-26(27)16-18-46-34/h9-10,13-14,22-24,28,30-31,33-34H,8,11-12,15-21H2,1-7H3,(H,38,44)/t24-,28-,30+,31+,33+,34?/m0/s1. The van der Waals surface area contributed by atoms with E-state index in [4.69, 9.17) is 9.47 Å². The summed E-state index contributed by atoms with van der Waals surface area (Å²) < 4.78 is 11.7. The normalized spacial score (nSPS) is 20.7. The van der Waals surface area contributed by atoms with Gasteiger partial charge in [-0.15, -0.1) is 11.3 Å². The number of ether oxygens (including phenoxy) is 2. The van der Waals surface area contributed by atoms with E-state index in [0.29, 0.717) is 24.6 Å². The number of benzene rings is 1. The molecule has 2 aliphatic rings. The van der Waals surface area contributed by atoms with Crippen molar-refractivity contribution in [2.75, 3.05) is 33.8 Å². The van der Waals surface area contributed by atoms with Gasteiger partial charge in [-0.2, -0.15) is 0 Å². The Morgan fingerprint density at radius 2 is 1.92 bits per heavy atom. The number of likely N-dealkylation sites (N-methyl/N-ethyl adjacent to an activating group) is 1. The molecule has 264 valence electrons. The Labute approximate surface area is 289 Å². The fraction of sp³-hybridized carbons (Fsp3) is 0.649. The number of ketones is 1. The number of thiazole rings is 1. The summed E-state index contributed by atoms with van der Waals surface area (Å²) in [6, 6.07) is 7.66. The maximum Gasteiger partial charge on any atom is 0.303 e. The van der Waals surface area contributed by atoms with Gasteiger partial charge in [0.1, 0.15) is 16.8 Å². The zero-order chi connectivity index (χ0) is 35.0. The highest BCUT2D eigenvalue weighted by molar-refractivity contribution is 7.09. The Balaban J connectivity index is 1.46. The van der Waals surface area contributed by atoms with Crippen LogP contribution in [0.4, 0.5) is 0 Å². The monoisotopic (exact) mass is 682 g/mol. The van der Waals surface area contributed by atoms with Crippen molar-refractivity contribution in [2.24, 2.45) is 17.8 Å². The highest BCUT2D eigenvalue weighted by atomic mass is 32.1. The first-order valence-corrected chi connectivity index (χ1v) is 18.4. The van der Waals surface area contributed by atoms with Crippen molar-refractivity contribution >= 4 is 34.9 Å². The number of nitrogens with one attached hydrogen (secondary N) is 1. The van der Waals surface area contributed by atoms with E-state index >= 15 is 0 Å². The Bertz CT molecular complexity index is 1410. The van der Waals surface area contributed by atoms with Gasteiger partial charge in [-0.25, -0.2) is 4.98 Å². The van der Waals surface area contributed by atoms with Crippen LogP contribution in [0.2, 0.25) is 0 Å². The molecule has 6 atom stereocenters. The van der Waals surface area contributed by atoms with Crippen LogP contribution in [0, 0.1) is 17.8 Å². The average molecular weight is 683 g/mol. The Hall–Kier alpha value is -3.15. The Morgan fingerprint density at radius 1 is 1.17 bits per heavy atom. The van der Waals surface area contributed by atoms with E-state index in [1.165, 1.54) is 23.8 Å². The molecule has 4 rings (SSSR count). The van der Waals surface area contributed by atoms with E-state index in [0.717, 1.165) is 44.2 Å². The summed E-state index contributed by atoms with van der Waals surface area (Å²) in [5.74, 6) is -1.11. The number of fused-ring (bicyclic) bond motifs is 1. The minimum atomic E-state index is -0.746. The summed E-state index contributed by atoms with van der Waals surface area (Å²) in [6.07, 6.45) is 4.13. The first kappa shape index (κ1) is 37.7. The van der Waals surface area contributed by atoms with Crippen LogP contribution >= 0.6 is 11.3 Å². The van der Waals surface area contributed by atoms with Crippen LogP contribution in [-0.4, -0.2) is 84.2 Å². The fourth-order valence-corrected chi connectivity index (χ4v) is 7.87. The molecule has 1 aromatic heterocycles. The summed E-state index contributed by atoms with van der Waals surface area (Å²) >= 11 is 1.26. The van der Waals surface area contributed by atoms with Crippen LogP contribution in [0.3, 0.4) is 0 Å². The topological polar surface area (TPSA) is 118 Å². The van der Waals surface area contributed by atoms with Crippen molar-refractivity contribution < 1.29 is 28.7 Å². The SMILES string of the molecule is CC[C@H](C)[C@H](CC(=O)[C@H]1CCCCN1C)C(=O)N(C)[C@H](C[C@@H](OC(C)=O)c1nc(C(=O)NCC2OCCc3ccccc32)cs1)C(C)C. The third-order valence-corrected chi connectivity index (χ3v) is 11.1. The van der Waals surface area contributed by atoms with Gasteiger partial charge >= 0.3 is 5.97 Å². The molecule has 1 fully saturated rings. The van der Waals surface area contributed by atoms with Gasteiger partial charge < -0.3 is 19.7 Å². The smallest absolute Gasteiger partial charge is 0.303 e. The Morgan fingerprint density at radius 3 is 2.60 bits per heavy atom. The number of likely N-dealkylation sites (tertiary alicyclic amines) is 1. The van der Waals surface area contributed by atoms with Gasteiger partial charge in [0, 0.05) is 50.7 Å². The molecule has 1 saturated heterocycles. The molecule has 1 aromatic carbocycles. The van der Waals surface area contributed by atoms with Crippen molar-refractivity contribution in [2.45, 2.75) is 104 Å². The third-order valence-electron chi connectivity index (χ3n) is 10.2. The van der Waals surface area contributed by atoms with Crippen LogP contribution in [0.5, 0.6) is 0 Å². The van der Waals surface area contributed by atoms with Gasteiger partial charge in [-0.3, -0.25) is 24.1 Å².